The van der Waals surface area contributed by atoms with E-state index in [-0.39, 0.29) is 5.91 Å². The molecule has 1 amide bonds. The summed E-state index contributed by atoms with van der Waals surface area (Å²) in [5, 5.41) is 0. The zero-order valence-corrected chi connectivity index (χ0v) is 10.9. The van der Waals surface area contributed by atoms with Crippen molar-refractivity contribution in [2.45, 2.75) is 32.2 Å². The van der Waals surface area contributed by atoms with Crippen molar-refractivity contribution in [2.24, 2.45) is 0 Å². The fraction of sp³-hybridized carbons (Fsp3) is 0.500. The lowest BCUT2D eigenvalue weighted by Crippen LogP contribution is -2.34. The highest BCUT2D eigenvalue weighted by Crippen LogP contribution is 2.28. The molecular formula is C12H15BrN2O. The summed E-state index contributed by atoms with van der Waals surface area (Å²) in [5.74, 6) is 0.0665. The summed E-state index contributed by atoms with van der Waals surface area (Å²) < 4.78 is 0.900. The van der Waals surface area contributed by atoms with Crippen molar-refractivity contribution < 1.29 is 4.79 Å². The molecule has 86 valence electrons. The van der Waals surface area contributed by atoms with Gasteiger partial charge in [-0.3, -0.25) is 4.79 Å². The third-order valence-electron chi connectivity index (χ3n) is 2.66. The second-order valence-electron chi connectivity index (χ2n) is 4.09. The Bertz CT molecular complexity index is 373. The van der Waals surface area contributed by atoms with E-state index in [2.05, 4.69) is 27.8 Å². The van der Waals surface area contributed by atoms with E-state index in [0.29, 0.717) is 11.7 Å². The van der Waals surface area contributed by atoms with Gasteiger partial charge < -0.3 is 4.90 Å². The van der Waals surface area contributed by atoms with Crippen LogP contribution < -0.4 is 0 Å². The first kappa shape index (κ1) is 11.6. The molecule has 0 atom stereocenters. The minimum absolute atomic E-state index is 0.0665. The molecule has 16 heavy (non-hydrogen) atoms. The molecule has 1 saturated carbocycles. The van der Waals surface area contributed by atoms with Crippen LogP contribution in [0.4, 0.5) is 0 Å². The molecule has 1 aliphatic carbocycles. The quantitative estimate of drug-likeness (QED) is 0.851. The third kappa shape index (κ3) is 2.61. The predicted octanol–water partition coefficient (Wildman–Crippen LogP) is 2.86. The van der Waals surface area contributed by atoms with Crippen molar-refractivity contribution >= 4 is 21.8 Å². The highest BCUT2D eigenvalue weighted by Gasteiger charge is 2.32. The number of pyridine rings is 1. The van der Waals surface area contributed by atoms with Crippen LogP contribution in [0.1, 0.15) is 36.7 Å². The van der Waals surface area contributed by atoms with E-state index in [9.17, 15) is 4.79 Å². The normalized spacial score (nSPS) is 14.9. The molecule has 3 nitrogen and oxygen atoms in total. The Morgan fingerprint density at radius 3 is 2.81 bits per heavy atom. The van der Waals surface area contributed by atoms with Crippen LogP contribution in [-0.2, 0) is 0 Å². The lowest BCUT2D eigenvalue weighted by Gasteiger charge is -2.21. The summed E-state index contributed by atoms with van der Waals surface area (Å²) in [6.45, 7) is 2.93. The van der Waals surface area contributed by atoms with Crippen LogP contribution >= 0.6 is 15.9 Å². The molecule has 0 aromatic carbocycles. The first-order chi connectivity index (χ1) is 7.72. The maximum absolute atomic E-state index is 12.2. The summed E-state index contributed by atoms with van der Waals surface area (Å²) in [7, 11) is 0. The Morgan fingerprint density at radius 1 is 1.56 bits per heavy atom. The zero-order valence-electron chi connectivity index (χ0n) is 9.32. The Labute approximate surface area is 104 Å². The van der Waals surface area contributed by atoms with Crippen LogP contribution in [0.15, 0.2) is 22.8 Å². The van der Waals surface area contributed by atoms with Crippen LogP contribution in [0.3, 0.4) is 0 Å². The second-order valence-corrected chi connectivity index (χ2v) is 5.01. The van der Waals surface area contributed by atoms with Gasteiger partial charge in [0.05, 0.1) is 0 Å². The van der Waals surface area contributed by atoms with Gasteiger partial charge in [-0.25, -0.2) is 4.98 Å². The van der Waals surface area contributed by atoms with Gasteiger partial charge in [-0.15, -0.1) is 0 Å². The third-order valence-corrected chi connectivity index (χ3v) is 3.13. The molecule has 0 aliphatic heterocycles. The molecule has 0 N–H and O–H groups in total. The lowest BCUT2D eigenvalue weighted by atomic mass is 10.3. The molecular weight excluding hydrogens is 268 g/mol. The average molecular weight is 283 g/mol. The number of aromatic nitrogens is 1. The molecule has 1 fully saturated rings. The van der Waals surface area contributed by atoms with E-state index in [0.717, 1.165) is 30.3 Å². The van der Waals surface area contributed by atoms with Crippen LogP contribution in [-0.4, -0.2) is 28.4 Å². The summed E-state index contributed by atoms with van der Waals surface area (Å²) in [6, 6.07) is 4.09. The maximum atomic E-state index is 12.2. The molecule has 0 unspecified atom stereocenters. The SMILES string of the molecule is CCCN(C(=O)c1ccc(Br)cn1)C1CC1. The van der Waals surface area contributed by atoms with Crippen LogP contribution in [0.5, 0.6) is 0 Å². The van der Waals surface area contributed by atoms with Crippen LogP contribution in [0.2, 0.25) is 0 Å². The standard InChI is InChI=1S/C12H15BrN2O/c1-2-7-15(10-4-5-10)12(16)11-6-3-9(13)8-14-11/h3,6,8,10H,2,4-5,7H2,1H3. The van der Waals surface area contributed by atoms with E-state index < -0.39 is 0 Å². The van der Waals surface area contributed by atoms with Crippen molar-refractivity contribution in [1.82, 2.24) is 9.88 Å². The Kier molecular flexibility index (Phi) is 3.59. The average Bonchev–Trinajstić information content (AvgIpc) is 3.10. The topological polar surface area (TPSA) is 33.2 Å². The van der Waals surface area contributed by atoms with Gasteiger partial charge in [0.1, 0.15) is 5.69 Å². The van der Waals surface area contributed by atoms with Crippen molar-refractivity contribution in [3.05, 3.63) is 28.5 Å². The lowest BCUT2D eigenvalue weighted by molar-refractivity contribution is 0.0737. The van der Waals surface area contributed by atoms with E-state index in [1.165, 1.54) is 0 Å². The molecule has 0 spiro atoms. The van der Waals surface area contributed by atoms with Gasteiger partial charge in [0.15, 0.2) is 0 Å². The molecule has 2 rings (SSSR count). The molecule has 1 aromatic rings. The summed E-state index contributed by atoms with van der Waals surface area (Å²) in [6.07, 6.45) is 4.95. The number of hydrogen-bond donors (Lipinski definition) is 0. The van der Waals surface area contributed by atoms with Gasteiger partial charge in [0.2, 0.25) is 0 Å². The molecule has 0 radical (unpaired) electrons. The first-order valence-corrected chi connectivity index (χ1v) is 6.44. The number of amides is 1. The molecule has 0 saturated heterocycles. The number of halogens is 1. The highest BCUT2D eigenvalue weighted by atomic mass is 79.9. The Hall–Kier alpha value is -0.900. The number of rotatable bonds is 4. The van der Waals surface area contributed by atoms with Crippen molar-refractivity contribution in [3.63, 3.8) is 0 Å². The zero-order chi connectivity index (χ0) is 11.5. The first-order valence-electron chi connectivity index (χ1n) is 5.65. The van der Waals surface area contributed by atoms with Gasteiger partial charge in [-0.05, 0) is 47.3 Å². The number of nitrogens with zero attached hydrogens (tertiary/aromatic N) is 2. The largest absolute Gasteiger partial charge is 0.334 e. The van der Waals surface area contributed by atoms with Gasteiger partial charge in [-0.1, -0.05) is 6.92 Å². The minimum Gasteiger partial charge on any atom is -0.334 e. The molecule has 0 bridgehead atoms. The van der Waals surface area contributed by atoms with Crippen molar-refractivity contribution in [1.29, 1.82) is 0 Å². The number of carbonyl (C=O) groups is 1. The van der Waals surface area contributed by atoms with Crippen LogP contribution in [0, 0.1) is 0 Å². The van der Waals surface area contributed by atoms with Gasteiger partial charge in [0.25, 0.3) is 5.91 Å². The Morgan fingerprint density at radius 2 is 2.31 bits per heavy atom. The number of carbonyl (C=O) groups excluding carboxylic acids is 1. The number of hydrogen-bond acceptors (Lipinski definition) is 2. The van der Waals surface area contributed by atoms with E-state index in [1.54, 1.807) is 12.3 Å². The van der Waals surface area contributed by atoms with Crippen molar-refractivity contribution in [3.8, 4) is 0 Å². The predicted molar refractivity (Wildman–Crippen MR) is 66.3 cm³/mol. The van der Waals surface area contributed by atoms with Gasteiger partial charge in [-0.2, -0.15) is 0 Å². The molecule has 1 heterocycles. The van der Waals surface area contributed by atoms with Gasteiger partial charge in [0, 0.05) is 23.3 Å². The minimum atomic E-state index is 0.0665. The summed E-state index contributed by atoms with van der Waals surface area (Å²) >= 11 is 3.32. The van der Waals surface area contributed by atoms with E-state index in [4.69, 9.17) is 0 Å². The summed E-state index contributed by atoms with van der Waals surface area (Å²) in [4.78, 5) is 18.3. The smallest absolute Gasteiger partial charge is 0.272 e. The fourth-order valence-electron chi connectivity index (χ4n) is 1.73. The molecule has 1 aromatic heterocycles. The summed E-state index contributed by atoms with van der Waals surface area (Å²) in [5.41, 5.74) is 0.545. The second kappa shape index (κ2) is 4.95. The van der Waals surface area contributed by atoms with Crippen molar-refractivity contribution in [2.75, 3.05) is 6.54 Å². The van der Waals surface area contributed by atoms with Crippen LogP contribution in [0.25, 0.3) is 0 Å². The maximum Gasteiger partial charge on any atom is 0.272 e. The highest BCUT2D eigenvalue weighted by molar-refractivity contribution is 9.10. The molecule has 1 aliphatic rings. The monoisotopic (exact) mass is 282 g/mol. The van der Waals surface area contributed by atoms with E-state index >= 15 is 0 Å². The Balaban J connectivity index is 2.12. The van der Waals surface area contributed by atoms with E-state index in [1.807, 2.05) is 11.0 Å². The molecule has 4 heteroatoms. The van der Waals surface area contributed by atoms with Gasteiger partial charge >= 0.3 is 0 Å². The fourth-order valence-corrected chi connectivity index (χ4v) is 1.96.